The lowest BCUT2D eigenvalue weighted by atomic mass is 9.90. The summed E-state index contributed by atoms with van der Waals surface area (Å²) in [5, 5.41) is 9.08. The van der Waals surface area contributed by atoms with Gasteiger partial charge in [0.15, 0.2) is 0 Å². The summed E-state index contributed by atoms with van der Waals surface area (Å²) in [6.45, 7) is 3.55. The maximum absolute atomic E-state index is 10.7. The molecule has 0 aromatic carbocycles. The van der Waals surface area contributed by atoms with E-state index in [9.17, 15) is 4.79 Å². The van der Waals surface area contributed by atoms with Gasteiger partial charge in [0.05, 0.1) is 6.10 Å². The van der Waals surface area contributed by atoms with Crippen LogP contribution in [0, 0.1) is 11.8 Å². The van der Waals surface area contributed by atoms with E-state index in [0.29, 0.717) is 11.7 Å². The molecule has 0 aromatic heterocycles. The first kappa shape index (κ1) is 17.2. The molecule has 2 aliphatic rings. The van der Waals surface area contributed by atoms with E-state index in [1.807, 2.05) is 6.92 Å². The second-order valence-corrected chi connectivity index (χ2v) is 6.29. The molecule has 20 heavy (non-hydrogen) atoms. The summed E-state index contributed by atoms with van der Waals surface area (Å²) in [4.78, 5) is 10.7. The maximum Gasteiger partial charge on any atom is 0.130 e. The molecule has 2 aliphatic carbocycles. The van der Waals surface area contributed by atoms with Crippen LogP contribution in [0.2, 0.25) is 0 Å². The van der Waals surface area contributed by atoms with E-state index >= 15 is 0 Å². The first-order valence-corrected chi connectivity index (χ1v) is 8.05. The molecular formula is C18H30O2. The first-order valence-electron chi connectivity index (χ1n) is 8.05. The quantitative estimate of drug-likeness (QED) is 0.772. The summed E-state index contributed by atoms with van der Waals surface area (Å²) < 4.78 is 0. The van der Waals surface area contributed by atoms with E-state index in [1.54, 1.807) is 6.92 Å². The van der Waals surface area contributed by atoms with Crippen molar-refractivity contribution >= 4 is 5.78 Å². The molecule has 0 aromatic rings. The van der Waals surface area contributed by atoms with Crippen molar-refractivity contribution in [2.75, 3.05) is 0 Å². The summed E-state index contributed by atoms with van der Waals surface area (Å²) >= 11 is 0. The molecule has 1 N–H and O–H groups in total. The highest BCUT2D eigenvalue weighted by Gasteiger charge is 2.12. The topological polar surface area (TPSA) is 37.3 Å². The fourth-order valence-corrected chi connectivity index (χ4v) is 3.00. The summed E-state index contributed by atoms with van der Waals surface area (Å²) in [6.07, 6.45) is 17.6. The third-order valence-electron chi connectivity index (χ3n) is 4.01. The van der Waals surface area contributed by atoms with Gasteiger partial charge in [-0.1, -0.05) is 24.3 Å². The van der Waals surface area contributed by atoms with Crippen molar-refractivity contribution in [2.45, 2.75) is 71.3 Å². The molecule has 0 radical (unpaired) electrons. The van der Waals surface area contributed by atoms with Gasteiger partial charge >= 0.3 is 0 Å². The highest BCUT2D eigenvalue weighted by Crippen LogP contribution is 2.22. The number of Topliss-reactive ketones (excluding diaryl/α,β-unsaturated/α-hetero) is 1. The minimum Gasteiger partial charge on any atom is -0.393 e. The maximum atomic E-state index is 10.7. The lowest BCUT2D eigenvalue weighted by Gasteiger charge is -2.18. The van der Waals surface area contributed by atoms with E-state index < -0.39 is 0 Å². The van der Waals surface area contributed by atoms with Crippen LogP contribution < -0.4 is 0 Å². The number of rotatable bonds is 4. The molecule has 0 bridgehead atoms. The van der Waals surface area contributed by atoms with Crippen LogP contribution in [0.1, 0.15) is 65.2 Å². The van der Waals surface area contributed by atoms with Gasteiger partial charge in [0.25, 0.3) is 0 Å². The number of aliphatic hydroxyl groups is 1. The molecule has 2 rings (SSSR count). The van der Waals surface area contributed by atoms with E-state index in [0.717, 1.165) is 31.6 Å². The Bertz CT molecular complexity index is 328. The zero-order chi connectivity index (χ0) is 14.8. The molecule has 0 amide bonds. The van der Waals surface area contributed by atoms with Crippen molar-refractivity contribution in [2.24, 2.45) is 11.8 Å². The molecule has 2 heteroatoms. The first-order chi connectivity index (χ1) is 9.58. The Labute approximate surface area is 124 Å². The van der Waals surface area contributed by atoms with Gasteiger partial charge in [0.1, 0.15) is 5.78 Å². The molecule has 3 unspecified atom stereocenters. The van der Waals surface area contributed by atoms with Gasteiger partial charge in [0, 0.05) is 6.42 Å². The Hall–Kier alpha value is -0.890. The Kier molecular flexibility index (Phi) is 8.52. The minimum absolute atomic E-state index is 0.114. The lowest BCUT2D eigenvalue weighted by Crippen LogP contribution is -2.10. The van der Waals surface area contributed by atoms with Crippen molar-refractivity contribution in [3.63, 3.8) is 0 Å². The number of allylic oxidation sites excluding steroid dienone is 4. The Morgan fingerprint density at radius 3 is 2.05 bits per heavy atom. The van der Waals surface area contributed by atoms with Crippen LogP contribution in [-0.2, 0) is 4.79 Å². The van der Waals surface area contributed by atoms with Gasteiger partial charge in [-0.05, 0) is 70.6 Å². The van der Waals surface area contributed by atoms with Gasteiger partial charge < -0.3 is 9.90 Å². The van der Waals surface area contributed by atoms with Crippen molar-refractivity contribution in [3.8, 4) is 0 Å². The lowest BCUT2D eigenvalue weighted by molar-refractivity contribution is -0.117. The second kappa shape index (κ2) is 9.93. The van der Waals surface area contributed by atoms with Crippen LogP contribution in [0.5, 0.6) is 0 Å². The minimum atomic E-state index is -0.114. The van der Waals surface area contributed by atoms with Crippen LogP contribution in [0.3, 0.4) is 0 Å². The van der Waals surface area contributed by atoms with Gasteiger partial charge in [-0.2, -0.15) is 0 Å². The number of ketones is 1. The third kappa shape index (κ3) is 8.31. The predicted molar refractivity (Wildman–Crippen MR) is 84.6 cm³/mol. The zero-order valence-corrected chi connectivity index (χ0v) is 13.1. The SMILES string of the molecule is CC(=O)CC1CC=CCC1.CC(O)CC1CC=CCC1. The number of carbonyl (C=O) groups is 1. The average Bonchev–Trinajstić information content (AvgIpc) is 2.40. The van der Waals surface area contributed by atoms with Crippen molar-refractivity contribution in [3.05, 3.63) is 24.3 Å². The molecular weight excluding hydrogens is 248 g/mol. The molecule has 0 spiro atoms. The van der Waals surface area contributed by atoms with E-state index in [-0.39, 0.29) is 6.10 Å². The molecule has 0 saturated heterocycles. The van der Waals surface area contributed by atoms with Gasteiger partial charge in [0.2, 0.25) is 0 Å². The largest absolute Gasteiger partial charge is 0.393 e. The van der Waals surface area contributed by atoms with E-state index in [1.165, 1.54) is 25.7 Å². The standard InChI is InChI=1S/C9H16O.C9H14O/c2*1-8(10)7-9-5-3-2-4-6-9/h2-3,8-10H,4-7H2,1H3;2-3,9H,4-7H2,1H3. The number of hydrogen-bond acceptors (Lipinski definition) is 2. The molecule has 0 heterocycles. The van der Waals surface area contributed by atoms with E-state index in [4.69, 9.17) is 5.11 Å². The molecule has 3 atom stereocenters. The highest BCUT2D eigenvalue weighted by atomic mass is 16.3. The van der Waals surface area contributed by atoms with Crippen molar-refractivity contribution in [1.29, 1.82) is 0 Å². The second-order valence-electron chi connectivity index (χ2n) is 6.29. The number of carbonyl (C=O) groups excluding carboxylic acids is 1. The van der Waals surface area contributed by atoms with Crippen LogP contribution in [0.25, 0.3) is 0 Å². The predicted octanol–water partition coefficient (Wildman–Crippen LogP) is 4.44. The third-order valence-corrected chi connectivity index (χ3v) is 4.01. The molecule has 0 fully saturated rings. The van der Waals surface area contributed by atoms with Crippen molar-refractivity contribution in [1.82, 2.24) is 0 Å². The molecule has 0 saturated carbocycles. The summed E-state index contributed by atoms with van der Waals surface area (Å²) in [5.74, 6) is 1.72. The fourth-order valence-electron chi connectivity index (χ4n) is 3.00. The van der Waals surface area contributed by atoms with E-state index in [2.05, 4.69) is 24.3 Å². The monoisotopic (exact) mass is 278 g/mol. The fraction of sp³-hybridized carbons (Fsp3) is 0.722. The number of hydrogen-bond donors (Lipinski definition) is 1. The molecule has 114 valence electrons. The Morgan fingerprint density at radius 1 is 1.10 bits per heavy atom. The Morgan fingerprint density at radius 2 is 1.65 bits per heavy atom. The zero-order valence-electron chi connectivity index (χ0n) is 13.1. The van der Waals surface area contributed by atoms with Crippen LogP contribution in [-0.4, -0.2) is 17.0 Å². The van der Waals surface area contributed by atoms with Gasteiger partial charge in [-0.25, -0.2) is 0 Å². The summed E-state index contributed by atoms with van der Waals surface area (Å²) in [6, 6.07) is 0. The van der Waals surface area contributed by atoms with Gasteiger partial charge in [-0.3, -0.25) is 0 Å². The van der Waals surface area contributed by atoms with Crippen LogP contribution in [0.4, 0.5) is 0 Å². The number of aliphatic hydroxyl groups excluding tert-OH is 1. The smallest absolute Gasteiger partial charge is 0.130 e. The van der Waals surface area contributed by atoms with Crippen LogP contribution >= 0.6 is 0 Å². The average molecular weight is 278 g/mol. The molecule has 2 nitrogen and oxygen atoms in total. The van der Waals surface area contributed by atoms with Crippen LogP contribution in [0.15, 0.2) is 24.3 Å². The Balaban J connectivity index is 0.000000200. The summed E-state index contributed by atoms with van der Waals surface area (Å²) in [5.41, 5.74) is 0. The highest BCUT2D eigenvalue weighted by molar-refractivity contribution is 5.75. The summed E-state index contributed by atoms with van der Waals surface area (Å²) in [7, 11) is 0. The van der Waals surface area contributed by atoms with Crippen molar-refractivity contribution < 1.29 is 9.90 Å². The molecule has 0 aliphatic heterocycles. The normalized spacial score (nSPS) is 26.6. The van der Waals surface area contributed by atoms with Gasteiger partial charge in [-0.15, -0.1) is 0 Å².